The van der Waals surface area contributed by atoms with Gasteiger partial charge in [0.1, 0.15) is 11.6 Å². The zero-order valence-corrected chi connectivity index (χ0v) is 11.9. The molecule has 0 aliphatic carbocycles. The van der Waals surface area contributed by atoms with Crippen LogP contribution in [0.15, 0.2) is 36.7 Å². The number of hydrogen-bond acceptors (Lipinski definition) is 6. The minimum absolute atomic E-state index is 0.296. The lowest BCUT2D eigenvalue weighted by Gasteiger charge is -2.04. The molecule has 0 saturated heterocycles. The van der Waals surface area contributed by atoms with E-state index in [1.54, 1.807) is 17.1 Å². The number of benzene rings is 1. The molecule has 0 atom stereocenters. The minimum atomic E-state index is 0.296. The molecule has 0 radical (unpaired) electrons. The van der Waals surface area contributed by atoms with Crippen molar-refractivity contribution in [3.8, 4) is 16.6 Å². The molecule has 0 spiro atoms. The minimum Gasteiger partial charge on any atom is -0.430 e. The Bertz CT molecular complexity index is 692. The highest BCUT2D eigenvalue weighted by Gasteiger charge is 2.09. The second-order valence-corrected chi connectivity index (χ2v) is 5.23. The molecule has 0 aliphatic heterocycles. The highest BCUT2D eigenvalue weighted by molar-refractivity contribution is 7.07. The van der Waals surface area contributed by atoms with Crippen molar-refractivity contribution < 1.29 is 4.74 Å². The SMILES string of the molecule is CC(C)c1nsc(Oc2cccc(-n3ccnn3)c2)n1. The van der Waals surface area contributed by atoms with E-state index < -0.39 is 0 Å². The summed E-state index contributed by atoms with van der Waals surface area (Å²) in [5, 5.41) is 8.28. The first-order valence-corrected chi connectivity index (χ1v) is 6.98. The van der Waals surface area contributed by atoms with E-state index in [1.807, 2.05) is 24.3 Å². The van der Waals surface area contributed by atoms with Gasteiger partial charge in [0.2, 0.25) is 0 Å². The molecule has 0 unspecified atom stereocenters. The quantitative estimate of drug-likeness (QED) is 0.738. The Morgan fingerprint density at radius 2 is 2.20 bits per heavy atom. The first-order chi connectivity index (χ1) is 9.72. The Morgan fingerprint density at radius 3 is 2.90 bits per heavy atom. The third-order valence-electron chi connectivity index (χ3n) is 2.65. The van der Waals surface area contributed by atoms with E-state index in [2.05, 4.69) is 33.5 Å². The van der Waals surface area contributed by atoms with Crippen LogP contribution in [0.4, 0.5) is 0 Å². The van der Waals surface area contributed by atoms with Crippen molar-refractivity contribution in [2.75, 3.05) is 0 Å². The summed E-state index contributed by atoms with van der Waals surface area (Å²) in [5.74, 6) is 1.80. The second kappa shape index (κ2) is 5.38. The van der Waals surface area contributed by atoms with Crippen LogP contribution in [0.1, 0.15) is 25.6 Å². The molecule has 0 bridgehead atoms. The molecule has 2 aromatic heterocycles. The topological polar surface area (TPSA) is 65.7 Å². The Morgan fingerprint density at radius 1 is 1.30 bits per heavy atom. The van der Waals surface area contributed by atoms with Crippen molar-refractivity contribution in [2.24, 2.45) is 0 Å². The van der Waals surface area contributed by atoms with Gasteiger partial charge in [-0.25, -0.2) is 4.68 Å². The first kappa shape index (κ1) is 12.7. The Kier molecular flexibility index (Phi) is 3.42. The number of aromatic nitrogens is 5. The predicted octanol–water partition coefficient (Wildman–Crippen LogP) is 3.03. The molecule has 1 aromatic carbocycles. The van der Waals surface area contributed by atoms with E-state index in [4.69, 9.17) is 4.74 Å². The lowest BCUT2D eigenvalue weighted by Crippen LogP contribution is -1.95. The summed E-state index contributed by atoms with van der Waals surface area (Å²) in [6, 6.07) is 7.58. The number of hydrogen-bond donors (Lipinski definition) is 0. The molecule has 3 rings (SSSR count). The fraction of sp³-hybridized carbons (Fsp3) is 0.231. The molecule has 3 aromatic rings. The molecule has 6 nitrogen and oxygen atoms in total. The van der Waals surface area contributed by atoms with Crippen LogP contribution in [0.5, 0.6) is 10.9 Å². The van der Waals surface area contributed by atoms with E-state index in [1.165, 1.54) is 11.5 Å². The molecule has 2 heterocycles. The van der Waals surface area contributed by atoms with Gasteiger partial charge in [-0.05, 0) is 12.1 Å². The van der Waals surface area contributed by atoms with Crippen LogP contribution >= 0.6 is 11.5 Å². The number of nitrogens with zero attached hydrogens (tertiary/aromatic N) is 5. The van der Waals surface area contributed by atoms with Crippen molar-refractivity contribution in [1.29, 1.82) is 0 Å². The van der Waals surface area contributed by atoms with Crippen molar-refractivity contribution in [3.63, 3.8) is 0 Å². The Hall–Kier alpha value is -2.28. The van der Waals surface area contributed by atoms with Gasteiger partial charge in [-0.1, -0.05) is 25.1 Å². The molecular weight excluding hydrogens is 274 g/mol. The van der Waals surface area contributed by atoms with E-state index in [-0.39, 0.29) is 0 Å². The molecule has 0 fully saturated rings. The van der Waals surface area contributed by atoms with E-state index in [0.717, 1.165) is 11.5 Å². The molecule has 0 amide bonds. The summed E-state index contributed by atoms with van der Waals surface area (Å²) in [6.45, 7) is 4.11. The van der Waals surface area contributed by atoms with Crippen molar-refractivity contribution in [3.05, 3.63) is 42.5 Å². The van der Waals surface area contributed by atoms with Crippen molar-refractivity contribution in [1.82, 2.24) is 24.4 Å². The molecule has 20 heavy (non-hydrogen) atoms. The maximum Gasteiger partial charge on any atom is 0.298 e. The highest BCUT2D eigenvalue weighted by atomic mass is 32.1. The van der Waals surface area contributed by atoms with Crippen LogP contribution in [-0.4, -0.2) is 24.4 Å². The Balaban J connectivity index is 1.82. The van der Waals surface area contributed by atoms with Gasteiger partial charge in [0.05, 0.1) is 18.1 Å². The third kappa shape index (κ3) is 2.67. The van der Waals surface area contributed by atoms with Gasteiger partial charge in [0.25, 0.3) is 5.19 Å². The zero-order valence-electron chi connectivity index (χ0n) is 11.1. The second-order valence-electron chi connectivity index (χ2n) is 4.52. The monoisotopic (exact) mass is 287 g/mol. The van der Waals surface area contributed by atoms with Gasteiger partial charge < -0.3 is 4.74 Å². The van der Waals surface area contributed by atoms with E-state index in [0.29, 0.717) is 16.9 Å². The summed E-state index contributed by atoms with van der Waals surface area (Å²) < 4.78 is 11.7. The van der Waals surface area contributed by atoms with Crippen LogP contribution in [0.25, 0.3) is 5.69 Å². The van der Waals surface area contributed by atoms with Crippen molar-refractivity contribution in [2.45, 2.75) is 19.8 Å². The lowest BCUT2D eigenvalue weighted by atomic mass is 10.2. The molecule has 7 heteroatoms. The van der Waals surface area contributed by atoms with E-state index >= 15 is 0 Å². The van der Waals surface area contributed by atoms with Crippen LogP contribution in [-0.2, 0) is 0 Å². The lowest BCUT2D eigenvalue weighted by molar-refractivity contribution is 0.475. The maximum atomic E-state index is 5.73. The fourth-order valence-corrected chi connectivity index (χ4v) is 2.32. The van der Waals surface area contributed by atoms with Gasteiger partial charge in [0.15, 0.2) is 0 Å². The summed E-state index contributed by atoms with van der Waals surface area (Å²) in [4.78, 5) is 4.35. The van der Waals surface area contributed by atoms with Crippen LogP contribution < -0.4 is 4.74 Å². The van der Waals surface area contributed by atoms with Crippen molar-refractivity contribution >= 4 is 11.5 Å². The summed E-state index contributed by atoms with van der Waals surface area (Å²) in [7, 11) is 0. The van der Waals surface area contributed by atoms with Gasteiger partial charge in [0, 0.05) is 23.5 Å². The van der Waals surface area contributed by atoms with Gasteiger partial charge in [-0.15, -0.1) is 5.10 Å². The smallest absolute Gasteiger partial charge is 0.298 e. The number of ether oxygens (including phenoxy) is 1. The van der Waals surface area contributed by atoms with Gasteiger partial charge in [-0.3, -0.25) is 0 Å². The summed E-state index contributed by atoms with van der Waals surface area (Å²) >= 11 is 1.26. The summed E-state index contributed by atoms with van der Waals surface area (Å²) in [5.41, 5.74) is 0.883. The molecular formula is C13H13N5OS. The van der Waals surface area contributed by atoms with Crippen LogP contribution in [0.2, 0.25) is 0 Å². The summed E-state index contributed by atoms with van der Waals surface area (Å²) in [6.07, 6.45) is 3.41. The molecule has 0 N–H and O–H groups in total. The highest BCUT2D eigenvalue weighted by Crippen LogP contribution is 2.26. The van der Waals surface area contributed by atoms with Gasteiger partial charge in [-0.2, -0.15) is 9.36 Å². The normalized spacial score (nSPS) is 10.9. The van der Waals surface area contributed by atoms with Crippen LogP contribution in [0, 0.1) is 0 Å². The van der Waals surface area contributed by atoms with Gasteiger partial charge >= 0.3 is 0 Å². The first-order valence-electron chi connectivity index (χ1n) is 6.20. The largest absolute Gasteiger partial charge is 0.430 e. The molecule has 0 saturated carbocycles. The predicted molar refractivity (Wildman–Crippen MR) is 75.4 cm³/mol. The maximum absolute atomic E-state index is 5.73. The molecule has 102 valence electrons. The third-order valence-corrected chi connectivity index (χ3v) is 3.26. The number of rotatable bonds is 4. The average molecular weight is 287 g/mol. The standard InChI is InChI=1S/C13H13N5OS/c1-9(2)12-15-13(20-16-12)19-11-5-3-4-10(8-11)18-7-6-14-17-18/h3-9H,1-2H3. The Labute approximate surface area is 120 Å². The molecule has 0 aliphatic rings. The van der Waals surface area contributed by atoms with Crippen LogP contribution in [0.3, 0.4) is 0 Å². The average Bonchev–Trinajstić information content (AvgIpc) is 3.10. The van der Waals surface area contributed by atoms with E-state index in [9.17, 15) is 0 Å². The zero-order chi connectivity index (χ0) is 13.9. The fourth-order valence-electron chi connectivity index (χ4n) is 1.63.